The van der Waals surface area contributed by atoms with Gasteiger partial charge in [0.2, 0.25) is 11.8 Å². The van der Waals surface area contributed by atoms with Crippen LogP contribution < -0.4 is 16.4 Å². The van der Waals surface area contributed by atoms with Crippen molar-refractivity contribution in [3.05, 3.63) is 34.9 Å². The number of carbonyl (C=O) groups excluding carboxylic acids is 3. The highest BCUT2D eigenvalue weighted by molar-refractivity contribution is 6.05. The number of imide groups is 1. The molecule has 1 aromatic carbocycles. The van der Waals surface area contributed by atoms with Crippen LogP contribution in [0, 0.1) is 0 Å². The molecule has 7 nitrogen and oxygen atoms in total. The number of hydrogen-bond acceptors (Lipinski definition) is 5. The lowest BCUT2D eigenvalue weighted by Crippen LogP contribution is -2.52. The molecule has 1 saturated heterocycles. The molecule has 1 aromatic rings. The van der Waals surface area contributed by atoms with Crippen LogP contribution in [0.1, 0.15) is 53.6 Å². The van der Waals surface area contributed by atoms with E-state index in [2.05, 4.69) is 10.6 Å². The van der Waals surface area contributed by atoms with Gasteiger partial charge in [0.25, 0.3) is 5.91 Å². The number of fused-ring (bicyclic) bond motifs is 1. The average Bonchev–Trinajstić information content (AvgIpc) is 2.94. The van der Waals surface area contributed by atoms with E-state index in [0.29, 0.717) is 25.1 Å². The van der Waals surface area contributed by atoms with E-state index in [1.54, 1.807) is 4.90 Å². The predicted octanol–water partition coefficient (Wildman–Crippen LogP) is 0.666. The molecule has 1 unspecified atom stereocenters. The molecule has 2 aliphatic heterocycles. The Labute approximate surface area is 153 Å². The summed E-state index contributed by atoms with van der Waals surface area (Å²) in [6, 6.07) is 5.34. The summed E-state index contributed by atoms with van der Waals surface area (Å²) >= 11 is 0. The first-order chi connectivity index (χ1) is 12.6. The molecule has 1 atom stereocenters. The quantitative estimate of drug-likeness (QED) is 0.468. The maximum atomic E-state index is 12.8. The topological polar surface area (TPSA) is 105 Å². The predicted molar refractivity (Wildman–Crippen MR) is 97.1 cm³/mol. The number of rotatable bonds is 8. The van der Waals surface area contributed by atoms with Crippen LogP contribution in [0.3, 0.4) is 0 Å². The van der Waals surface area contributed by atoms with Gasteiger partial charge in [0, 0.05) is 25.1 Å². The van der Waals surface area contributed by atoms with Crippen molar-refractivity contribution in [3.63, 3.8) is 0 Å². The molecule has 2 aliphatic rings. The van der Waals surface area contributed by atoms with Crippen molar-refractivity contribution < 1.29 is 14.4 Å². The Balaban J connectivity index is 1.58. The second-order valence-corrected chi connectivity index (χ2v) is 6.92. The van der Waals surface area contributed by atoms with Gasteiger partial charge in [-0.05, 0) is 49.5 Å². The molecule has 0 bridgehead atoms. The molecule has 3 rings (SSSR count). The number of nitrogens with one attached hydrogen (secondary N) is 2. The standard InChI is InChI=1S/C19H26N4O3/c20-8-2-1-3-9-21-11-13-4-5-14-12-23(19(26)15(14)10-13)16-6-7-17(24)22-18(16)25/h4-5,10,16,21H,1-3,6-9,11-12,20H2,(H,22,24,25). The highest BCUT2D eigenvalue weighted by Crippen LogP contribution is 2.28. The summed E-state index contributed by atoms with van der Waals surface area (Å²) < 4.78 is 0. The molecule has 26 heavy (non-hydrogen) atoms. The molecular formula is C19H26N4O3. The second-order valence-electron chi connectivity index (χ2n) is 6.92. The van der Waals surface area contributed by atoms with Crippen LogP contribution in [0.2, 0.25) is 0 Å². The zero-order valence-corrected chi connectivity index (χ0v) is 14.9. The van der Waals surface area contributed by atoms with Crippen molar-refractivity contribution in [2.75, 3.05) is 13.1 Å². The van der Waals surface area contributed by atoms with Gasteiger partial charge in [-0.2, -0.15) is 0 Å². The fourth-order valence-corrected chi connectivity index (χ4v) is 3.52. The van der Waals surface area contributed by atoms with Gasteiger partial charge in [-0.25, -0.2) is 0 Å². The summed E-state index contributed by atoms with van der Waals surface area (Å²) in [7, 11) is 0. The van der Waals surface area contributed by atoms with Crippen LogP contribution in [0.15, 0.2) is 18.2 Å². The van der Waals surface area contributed by atoms with Crippen LogP contribution >= 0.6 is 0 Å². The van der Waals surface area contributed by atoms with E-state index in [-0.39, 0.29) is 24.1 Å². The number of nitrogens with zero attached hydrogens (tertiary/aromatic N) is 1. The molecule has 0 aromatic heterocycles. The molecule has 0 saturated carbocycles. The van der Waals surface area contributed by atoms with Crippen LogP contribution in [0.25, 0.3) is 0 Å². The minimum atomic E-state index is -0.559. The number of hydrogen-bond donors (Lipinski definition) is 3. The SMILES string of the molecule is NCCCCCNCc1ccc2c(c1)C(=O)N(C1CCC(=O)NC1=O)C2. The molecule has 7 heteroatoms. The highest BCUT2D eigenvalue weighted by Gasteiger charge is 2.38. The molecule has 140 valence electrons. The number of nitrogens with two attached hydrogens (primary N) is 1. The summed E-state index contributed by atoms with van der Waals surface area (Å²) in [6.45, 7) is 2.79. The molecule has 0 radical (unpaired) electrons. The monoisotopic (exact) mass is 358 g/mol. The zero-order valence-electron chi connectivity index (χ0n) is 14.9. The number of carbonyl (C=O) groups is 3. The lowest BCUT2D eigenvalue weighted by molar-refractivity contribution is -0.136. The second kappa shape index (κ2) is 8.42. The van der Waals surface area contributed by atoms with Crippen LogP contribution in [0.4, 0.5) is 0 Å². The largest absolute Gasteiger partial charge is 0.330 e. The fourth-order valence-electron chi connectivity index (χ4n) is 3.52. The maximum absolute atomic E-state index is 12.8. The van der Waals surface area contributed by atoms with Crippen LogP contribution in [-0.2, 0) is 22.7 Å². The summed E-state index contributed by atoms with van der Waals surface area (Å²) in [5.41, 5.74) is 8.14. The molecular weight excluding hydrogens is 332 g/mol. The lowest BCUT2D eigenvalue weighted by Gasteiger charge is -2.29. The number of benzene rings is 1. The molecule has 0 aliphatic carbocycles. The minimum Gasteiger partial charge on any atom is -0.330 e. The first kappa shape index (κ1) is 18.5. The van der Waals surface area contributed by atoms with Gasteiger partial charge in [0.1, 0.15) is 6.04 Å². The smallest absolute Gasteiger partial charge is 0.255 e. The third-order valence-electron chi connectivity index (χ3n) is 4.98. The minimum absolute atomic E-state index is 0.126. The van der Waals surface area contributed by atoms with Crippen molar-refractivity contribution in [2.24, 2.45) is 5.73 Å². The van der Waals surface area contributed by atoms with Crippen molar-refractivity contribution in [3.8, 4) is 0 Å². The van der Waals surface area contributed by atoms with E-state index < -0.39 is 6.04 Å². The van der Waals surface area contributed by atoms with Crippen molar-refractivity contribution in [2.45, 2.75) is 51.2 Å². The third-order valence-corrected chi connectivity index (χ3v) is 4.98. The normalized spacial score (nSPS) is 19.7. The van der Waals surface area contributed by atoms with Gasteiger partial charge >= 0.3 is 0 Å². The van der Waals surface area contributed by atoms with E-state index in [4.69, 9.17) is 5.73 Å². The van der Waals surface area contributed by atoms with Gasteiger partial charge < -0.3 is 16.0 Å². The number of amides is 3. The van der Waals surface area contributed by atoms with Gasteiger partial charge in [0.15, 0.2) is 0 Å². The van der Waals surface area contributed by atoms with Crippen LogP contribution in [-0.4, -0.2) is 41.8 Å². The van der Waals surface area contributed by atoms with Gasteiger partial charge in [-0.1, -0.05) is 18.6 Å². The van der Waals surface area contributed by atoms with E-state index in [1.807, 2.05) is 18.2 Å². The first-order valence-corrected chi connectivity index (χ1v) is 9.27. The number of piperidine rings is 1. The van der Waals surface area contributed by atoms with Crippen LogP contribution in [0.5, 0.6) is 0 Å². The Kier molecular flexibility index (Phi) is 6.00. The van der Waals surface area contributed by atoms with E-state index in [9.17, 15) is 14.4 Å². The Bertz CT molecular complexity index is 704. The first-order valence-electron chi connectivity index (χ1n) is 9.27. The maximum Gasteiger partial charge on any atom is 0.255 e. The molecule has 1 fully saturated rings. The van der Waals surface area contributed by atoms with Gasteiger partial charge in [0.05, 0.1) is 0 Å². The summed E-state index contributed by atoms with van der Waals surface area (Å²) in [6.07, 6.45) is 3.92. The molecule has 0 spiro atoms. The summed E-state index contributed by atoms with van der Waals surface area (Å²) in [4.78, 5) is 37.7. The van der Waals surface area contributed by atoms with E-state index >= 15 is 0 Å². The van der Waals surface area contributed by atoms with Crippen molar-refractivity contribution in [1.29, 1.82) is 0 Å². The summed E-state index contributed by atoms with van der Waals surface area (Å²) in [5.74, 6) is -0.767. The van der Waals surface area contributed by atoms with Gasteiger partial charge in [-0.15, -0.1) is 0 Å². The average molecular weight is 358 g/mol. The van der Waals surface area contributed by atoms with Gasteiger partial charge in [-0.3, -0.25) is 19.7 Å². The molecule has 4 N–H and O–H groups in total. The Morgan fingerprint density at radius 3 is 2.81 bits per heavy atom. The van der Waals surface area contributed by atoms with Crippen molar-refractivity contribution in [1.82, 2.24) is 15.5 Å². The zero-order chi connectivity index (χ0) is 18.5. The lowest BCUT2D eigenvalue weighted by atomic mass is 10.0. The molecule has 2 heterocycles. The third kappa shape index (κ3) is 4.11. The highest BCUT2D eigenvalue weighted by atomic mass is 16.2. The van der Waals surface area contributed by atoms with Crippen molar-refractivity contribution >= 4 is 17.7 Å². The molecule has 3 amide bonds. The van der Waals surface area contributed by atoms with E-state index in [0.717, 1.165) is 43.5 Å². The number of unbranched alkanes of at least 4 members (excludes halogenated alkanes) is 2. The van der Waals surface area contributed by atoms with E-state index in [1.165, 1.54) is 0 Å². The Morgan fingerprint density at radius 2 is 2.04 bits per heavy atom. The fraction of sp³-hybridized carbons (Fsp3) is 0.526. The Morgan fingerprint density at radius 1 is 1.19 bits per heavy atom. The Hall–Kier alpha value is -2.25. The summed E-state index contributed by atoms with van der Waals surface area (Å²) in [5, 5.41) is 5.71.